The van der Waals surface area contributed by atoms with E-state index in [4.69, 9.17) is 37.0 Å². The van der Waals surface area contributed by atoms with Gasteiger partial charge in [0.25, 0.3) is 0 Å². The maximum atomic E-state index is 13.0. The number of esters is 4. The summed E-state index contributed by atoms with van der Waals surface area (Å²) in [5, 5.41) is 10.6. The van der Waals surface area contributed by atoms with Crippen LogP contribution in [0.3, 0.4) is 0 Å². The largest absolute Gasteiger partial charge is 0.472 e. The van der Waals surface area contributed by atoms with Gasteiger partial charge in [-0.3, -0.25) is 37.3 Å². The van der Waals surface area contributed by atoms with Gasteiger partial charge in [-0.25, -0.2) is 9.13 Å². The number of hydrogen-bond acceptors (Lipinski definition) is 15. The molecule has 0 spiro atoms. The Morgan fingerprint density at radius 3 is 0.780 bits per heavy atom. The summed E-state index contributed by atoms with van der Waals surface area (Å²) in [6, 6.07) is 0. The lowest BCUT2D eigenvalue weighted by molar-refractivity contribution is -0.161. The Balaban J connectivity index is 5.24. The molecule has 3 unspecified atom stereocenters. The SMILES string of the molecule is CCC(C)CCCCCCCCC(=O)OC[C@H](COP(=O)(O)OC[C@H](O)COP(=O)(O)OC[C@@H](COC(=O)CCCCCCCCCC(C)C)OC(=O)CCCCCCCCCCCCCCC(C)C)OC(=O)CCCCCCCCCCCCCCCC(C)C. The minimum atomic E-state index is -4.95. The zero-order valence-corrected chi connectivity index (χ0v) is 61.3. The number of aliphatic hydroxyl groups excluding tert-OH is 1. The molecule has 19 heteroatoms. The summed E-state index contributed by atoms with van der Waals surface area (Å²) in [4.78, 5) is 72.6. The minimum Gasteiger partial charge on any atom is -0.462 e. The molecule has 0 rings (SSSR count). The zero-order valence-electron chi connectivity index (χ0n) is 59.5. The highest BCUT2D eigenvalue weighted by Crippen LogP contribution is 2.45. The van der Waals surface area contributed by atoms with Crippen LogP contribution in [0.15, 0.2) is 0 Å². The lowest BCUT2D eigenvalue weighted by atomic mass is 10.00. The second-order valence-corrected chi connectivity index (χ2v) is 30.6. The van der Waals surface area contributed by atoms with Crippen molar-refractivity contribution >= 4 is 39.5 Å². The fraction of sp³-hybridized carbons (Fsp3) is 0.944. The third kappa shape index (κ3) is 65.1. The van der Waals surface area contributed by atoms with Crippen molar-refractivity contribution in [2.75, 3.05) is 39.6 Å². The number of aliphatic hydroxyl groups is 1. The maximum Gasteiger partial charge on any atom is 0.472 e. The van der Waals surface area contributed by atoms with Gasteiger partial charge in [0, 0.05) is 25.7 Å². The highest BCUT2D eigenvalue weighted by molar-refractivity contribution is 7.47. The Bertz CT molecular complexity index is 1800. The summed E-state index contributed by atoms with van der Waals surface area (Å²) in [5.41, 5.74) is 0. The van der Waals surface area contributed by atoms with Crippen LogP contribution in [-0.2, 0) is 65.4 Å². The molecule has 0 aromatic rings. The summed E-state index contributed by atoms with van der Waals surface area (Å²) >= 11 is 0. The average molecular weight is 1340 g/mol. The standard InChI is InChI=1S/C72H140O17P2/c1-9-65(8)51-43-35-30-31-37-45-53-70(75)83-59-68(89-72(77)54-46-38-27-21-17-12-10-11-15-19-24-32-40-48-62(2)3)61-87-91(80,81)85-57-66(73)56-84-90(78,79)86-60-67(58-82-69(74)52-44-36-29-23-26-34-42-50-64(6)7)88-71(76)55-47-39-28-22-18-14-13-16-20-25-33-41-49-63(4)5/h62-68,73H,9-61H2,1-8H3,(H,78,79)(H,80,81)/t65?,66-,67-,68-/m1/s1. The van der Waals surface area contributed by atoms with Crippen molar-refractivity contribution in [1.82, 2.24) is 0 Å². The number of hydrogen-bond donors (Lipinski definition) is 3. The summed E-state index contributed by atoms with van der Waals surface area (Å²) in [7, 11) is -9.91. The Morgan fingerprint density at radius 2 is 0.527 bits per heavy atom. The molecule has 0 saturated carbocycles. The van der Waals surface area contributed by atoms with E-state index in [2.05, 4.69) is 55.4 Å². The molecule has 0 aliphatic carbocycles. The topological polar surface area (TPSA) is 237 Å². The molecule has 0 fully saturated rings. The molecule has 0 aliphatic heterocycles. The summed E-state index contributed by atoms with van der Waals surface area (Å²) in [6.07, 6.45) is 44.5. The number of carbonyl (C=O) groups excluding carboxylic acids is 4. The molecule has 91 heavy (non-hydrogen) atoms. The lowest BCUT2D eigenvalue weighted by Gasteiger charge is -2.21. The van der Waals surface area contributed by atoms with Gasteiger partial charge in [-0.1, -0.05) is 306 Å². The van der Waals surface area contributed by atoms with Gasteiger partial charge >= 0.3 is 39.5 Å². The normalized spacial score (nSPS) is 14.5. The smallest absolute Gasteiger partial charge is 0.462 e. The zero-order chi connectivity index (χ0) is 67.5. The minimum absolute atomic E-state index is 0.105. The Kier molecular flexibility index (Phi) is 60.3. The predicted molar refractivity (Wildman–Crippen MR) is 367 cm³/mol. The van der Waals surface area contributed by atoms with E-state index < -0.39 is 97.5 Å². The van der Waals surface area contributed by atoms with Crippen LogP contribution in [0.2, 0.25) is 0 Å². The van der Waals surface area contributed by atoms with E-state index in [1.54, 1.807) is 0 Å². The first-order valence-electron chi connectivity index (χ1n) is 37.2. The Labute approximate surface area is 556 Å². The van der Waals surface area contributed by atoms with E-state index in [1.165, 1.54) is 148 Å². The molecule has 6 atom stereocenters. The summed E-state index contributed by atoms with van der Waals surface area (Å²) < 4.78 is 68.3. The van der Waals surface area contributed by atoms with Crippen molar-refractivity contribution in [2.45, 2.75) is 375 Å². The molecule has 0 heterocycles. The molecule has 0 amide bonds. The van der Waals surface area contributed by atoms with Crippen molar-refractivity contribution in [3.63, 3.8) is 0 Å². The summed E-state index contributed by atoms with van der Waals surface area (Å²) in [5.74, 6) is 0.871. The number of phosphoric ester groups is 2. The maximum absolute atomic E-state index is 13.0. The van der Waals surface area contributed by atoms with Crippen LogP contribution in [0, 0.1) is 23.7 Å². The van der Waals surface area contributed by atoms with E-state index in [0.717, 1.165) is 120 Å². The van der Waals surface area contributed by atoms with Gasteiger partial charge < -0.3 is 33.8 Å². The van der Waals surface area contributed by atoms with Gasteiger partial charge in [-0.15, -0.1) is 0 Å². The summed E-state index contributed by atoms with van der Waals surface area (Å²) in [6.45, 7) is 14.1. The average Bonchev–Trinajstić information content (AvgIpc) is 3.59. The molecule has 540 valence electrons. The Morgan fingerprint density at radius 1 is 0.308 bits per heavy atom. The van der Waals surface area contributed by atoms with Crippen molar-refractivity contribution in [1.29, 1.82) is 0 Å². The van der Waals surface area contributed by atoms with Gasteiger partial charge in [0.2, 0.25) is 0 Å². The van der Waals surface area contributed by atoms with Gasteiger partial charge in [0.1, 0.15) is 19.3 Å². The van der Waals surface area contributed by atoms with Gasteiger partial charge in [-0.2, -0.15) is 0 Å². The molecular formula is C72H140O17P2. The van der Waals surface area contributed by atoms with Gasteiger partial charge in [0.15, 0.2) is 12.2 Å². The predicted octanol–water partition coefficient (Wildman–Crippen LogP) is 20.5. The van der Waals surface area contributed by atoms with Crippen LogP contribution in [0.25, 0.3) is 0 Å². The molecule has 0 bridgehead atoms. The molecule has 0 radical (unpaired) electrons. The number of ether oxygens (including phenoxy) is 4. The first-order chi connectivity index (χ1) is 43.6. The quantitative estimate of drug-likeness (QED) is 0.0222. The second-order valence-electron chi connectivity index (χ2n) is 27.6. The van der Waals surface area contributed by atoms with E-state index in [0.29, 0.717) is 31.6 Å². The van der Waals surface area contributed by atoms with E-state index in [9.17, 15) is 43.2 Å². The molecule has 0 aromatic heterocycles. The third-order valence-corrected chi connectivity index (χ3v) is 18.8. The molecular weight excluding hydrogens is 1200 g/mol. The first kappa shape index (κ1) is 89.1. The van der Waals surface area contributed by atoms with Gasteiger partial charge in [0.05, 0.1) is 26.4 Å². The number of unbranched alkanes of at least 4 members (excludes halogenated alkanes) is 34. The molecule has 0 aromatic carbocycles. The van der Waals surface area contributed by atoms with Gasteiger partial charge in [-0.05, 0) is 49.4 Å². The number of phosphoric acid groups is 2. The van der Waals surface area contributed by atoms with E-state index in [-0.39, 0.29) is 25.7 Å². The highest BCUT2D eigenvalue weighted by Gasteiger charge is 2.30. The van der Waals surface area contributed by atoms with Crippen molar-refractivity contribution in [3.8, 4) is 0 Å². The lowest BCUT2D eigenvalue weighted by Crippen LogP contribution is -2.30. The van der Waals surface area contributed by atoms with Crippen molar-refractivity contribution in [3.05, 3.63) is 0 Å². The Hall–Kier alpha value is -1.94. The monoisotopic (exact) mass is 1340 g/mol. The number of carbonyl (C=O) groups is 4. The fourth-order valence-electron chi connectivity index (χ4n) is 10.8. The molecule has 0 aliphatic rings. The van der Waals surface area contributed by atoms with E-state index in [1.807, 2.05) is 0 Å². The molecule has 0 saturated heterocycles. The van der Waals surface area contributed by atoms with Crippen LogP contribution in [0.1, 0.15) is 357 Å². The number of rotatable bonds is 69. The van der Waals surface area contributed by atoms with Crippen LogP contribution in [0.4, 0.5) is 0 Å². The third-order valence-electron chi connectivity index (χ3n) is 16.9. The molecule has 17 nitrogen and oxygen atoms in total. The van der Waals surface area contributed by atoms with E-state index >= 15 is 0 Å². The van der Waals surface area contributed by atoms with Crippen LogP contribution >= 0.6 is 15.6 Å². The fourth-order valence-corrected chi connectivity index (χ4v) is 12.4. The van der Waals surface area contributed by atoms with Crippen LogP contribution in [0.5, 0.6) is 0 Å². The van der Waals surface area contributed by atoms with Crippen LogP contribution in [-0.4, -0.2) is 96.7 Å². The highest BCUT2D eigenvalue weighted by atomic mass is 31.2. The second kappa shape index (κ2) is 61.6. The van der Waals surface area contributed by atoms with Crippen LogP contribution < -0.4 is 0 Å². The first-order valence-corrected chi connectivity index (χ1v) is 40.2. The molecule has 3 N–H and O–H groups in total. The van der Waals surface area contributed by atoms with Crippen molar-refractivity contribution < 1.29 is 80.2 Å². The van der Waals surface area contributed by atoms with Crippen molar-refractivity contribution in [2.24, 2.45) is 23.7 Å².